The summed E-state index contributed by atoms with van der Waals surface area (Å²) in [5.74, 6) is -1.41. The second kappa shape index (κ2) is 9.35. The van der Waals surface area contributed by atoms with Crippen molar-refractivity contribution in [3.63, 3.8) is 0 Å². The number of nitrogens with zero attached hydrogens (tertiary/aromatic N) is 2. The number of hydrogen-bond donors (Lipinski definition) is 1. The van der Waals surface area contributed by atoms with Crippen LogP contribution in [0.15, 0.2) is 36.4 Å². The van der Waals surface area contributed by atoms with Crippen LogP contribution in [0.4, 0.5) is 17.1 Å². The van der Waals surface area contributed by atoms with Crippen molar-refractivity contribution in [3.05, 3.63) is 63.2 Å². The lowest BCUT2D eigenvalue weighted by molar-refractivity contribution is -0.385. The van der Waals surface area contributed by atoms with E-state index in [1.807, 2.05) is 23.1 Å². The summed E-state index contributed by atoms with van der Waals surface area (Å²) in [6.07, 6.45) is 2.00. The molecule has 1 saturated heterocycles. The van der Waals surface area contributed by atoms with Crippen molar-refractivity contribution in [2.45, 2.75) is 32.3 Å². The Labute approximate surface area is 185 Å². The molecule has 168 valence electrons. The zero-order chi connectivity index (χ0) is 22.7. The number of anilines is 2. The molecule has 1 N–H and O–H groups in total. The predicted molar refractivity (Wildman–Crippen MR) is 118 cm³/mol. The number of morpholine rings is 1. The summed E-state index contributed by atoms with van der Waals surface area (Å²) in [5.41, 5.74) is 3.26. The van der Waals surface area contributed by atoms with Crippen molar-refractivity contribution in [3.8, 4) is 0 Å². The zero-order valence-corrected chi connectivity index (χ0v) is 17.8. The Morgan fingerprint density at radius 3 is 2.62 bits per heavy atom. The number of carbonyl (C=O) groups excluding carboxylic acids is 2. The van der Waals surface area contributed by atoms with Gasteiger partial charge in [0, 0.05) is 30.5 Å². The van der Waals surface area contributed by atoms with Crippen LogP contribution in [-0.4, -0.2) is 49.2 Å². The van der Waals surface area contributed by atoms with Crippen molar-refractivity contribution in [2.24, 2.45) is 0 Å². The number of carbonyl (C=O) groups is 2. The van der Waals surface area contributed by atoms with E-state index in [1.165, 1.54) is 30.2 Å². The number of aryl methyl sites for hydroxylation is 2. The van der Waals surface area contributed by atoms with Crippen LogP contribution in [0.25, 0.3) is 0 Å². The van der Waals surface area contributed by atoms with Crippen LogP contribution in [0.5, 0.6) is 0 Å². The lowest BCUT2D eigenvalue weighted by Gasteiger charge is -2.29. The number of nitro benzene ring substituents is 1. The largest absolute Gasteiger partial charge is 0.449 e. The first kappa shape index (κ1) is 21.8. The van der Waals surface area contributed by atoms with Gasteiger partial charge in [0.25, 0.3) is 11.6 Å². The minimum absolute atomic E-state index is 0.184. The number of nitrogens with one attached hydrogen (secondary N) is 1. The molecule has 0 saturated carbocycles. The summed E-state index contributed by atoms with van der Waals surface area (Å²) < 4.78 is 10.6. The number of fused-ring (bicyclic) bond motifs is 1. The molecule has 9 heteroatoms. The molecule has 1 fully saturated rings. The Hall–Kier alpha value is -3.46. The smallest absolute Gasteiger partial charge is 0.346 e. The molecule has 1 amide bonds. The monoisotopic (exact) mass is 439 g/mol. The van der Waals surface area contributed by atoms with Gasteiger partial charge < -0.3 is 19.7 Å². The third-order valence-corrected chi connectivity index (χ3v) is 5.79. The third-order valence-electron chi connectivity index (χ3n) is 5.79. The van der Waals surface area contributed by atoms with E-state index in [4.69, 9.17) is 9.47 Å². The highest BCUT2D eigenvalue weighted by molar-refractivity contribution is 5.99. The van der Waals surface area contributed by atoms with Gasteiger partial charge in [0.1, 0.15) is 5.56 Å². The maximum absolute atomic E-state index is 12.8. The van der Waals surface area contributed by atoms with E-state index in [1.54, 1.807) is 6.07 Å². The average Bonchev–Trinajstić information content (AvgIpc) is 3.27. The number of benzene rings is 2. The van der Waals surface area contributed by atoms with Crippen LogP contribution in [0, 0.1) is 10.1 Å². The van der Waals surface area contributed by atoms with Crippen LogP contribution in [0.2, 0.25) is 0 Å². The minimum Gasteiger partial charge on any atom is -0.449 e. The standard InChI is InChI=1S/C23H25N3O6/c1-15(22(27)24-18-6-5-16-3-2-4-17(16)13-18)32-23(28)20-14-19(7-8-21(20)26(29)30)25-9-11-31-12-10-25/h5-8,13-15H,2-4,9-12H2,1H3,(H,24,27)/t15-/m0/s1. The van der Waals surface area contributed by atoms with Gasteiger partial charge in [-0.05, 0) is 61.6 Å². The number of rotatable bonds is 6. The number of nitro groups is 1. The first-order chi connectivity index (χ1) is 15.4. The molecule has 2 aromatic carbocycles. The number of ether oxygens (including phenoxy) is 2. The predicted octanol–water partition coefficient (Wildman–Crippen LogP) is 3.10. The van der Waals surface area contributed by atoms with Crippen molar-refractivity contribution in [2.75, 3.05) is 36.5 Å². The number of amides is 1. The van der Waals surface area contributed by atoms with E-state index >= 15 is 0 Å². The SMILES string of the molecule is C[C@H](OC(=O)c1cc(N2CCOCC2)ccc1[N+](=O)[O-])C(=O)Nc1ccc2c(c1)CCC2. The molecule has 2 aliphatic rings. The van der Waals surface area contributed by atoms with Gasteiger partial charge in [-0.15, -0.1) is 0 Å². The highest BCUT2D eigenvalue weighted by Crippen LogP contribution is 2.27. The van der Waals surface area contributed by atoms with Crippen LogP contribution >= 0.6 is 0 Å². The fraction of sp³-hybridized carbons (Fsp3) is 0.391. The van der Waals surface area contributed by atoms with Gasteiger partial charge in [0.2, 0.25) is 0 Å². The fourth-order valence-corrected chi connectivity index (χ4v) is 4.04. The maximum atomic E-state index is 12.8. The molecule has 0 unspecified atom stereocenters. The quantitative estimate of drug-likeness (QED) is 0.418. The Morgan fingerprint density at radius 2 is 1.88 bits per heavy atom. The highest BCUT2D eigenvalue weighted by atomic mass is 16.6. The van der Waals surface area contributed by atoms with E-state index < -0.39 is 22.9 Å². The van der Waals surface area contributed by atoms with Gasteiger partial charge in [0.15, 0.2) is 6.10 Å². The van der Waals surface area contributed by atoms with Gasteiger partial charge in [-0.3, -0.25) is 14.9 Å². The van der Waals surface area contributed by atoms with Gasteiger partial charge >= 0.3 is 5.97 Å². The first-order valence-electron chi connectivity index (χ1n) is 10.7. The van der Waals surface area contributed by atoms with Crippen LogP contribution in [0.3, 0.4) is 0 Å². The molecule has 1 aliphatic heterocycles. The molecule has 9 nitrogen and oxygen atoms in total. The molecule has 0 aromatic heterocycles. The summed E-state index contributed by atoms with van der Waals surface area (Å²) in [4.78, 5) is 38.1. The minimum atomic E-state index is -1.12. The lowest BCUT2D eigenvalue weighted by atomic mass is 10.1. The van der Waals surface area contributed by atoms with Crippen molar-refractivity contribution < 1.29 is 24.0 Å². The fourth-order valence-electron chi connectivity index (χ4n) is 4.04. The molecular formula is C23H25N3O6. The molecule has 2 aromatic rings. The van der Waals surface area contributed by atoms with Crippen molar-refractivity contribution in [1.29, 1.82) is 0 Å². The topological polar surface area (TPSA) is 111 Å². The van der Waals surface area contributed by atoms with Crippen molar-refractivity contribution >= 4 is 28.9 Å². The van der Waals surface area contributed by atoms with Crippen LogP contribution < -0.4 is 10.2 Å². The van der Waals surface area contributed by atoms with E-state index in [0.29, 0.717) is 37.7 Å². The summed E-state index contributed by atoms with van der Waals surface area (Å²) >= 11 is 0. The third kappa shape index (κ3) is 4.72. The number of hydrogen-bond acceptors (Lipinski definition) is 7. The average molecular weight is 439 g/mol. The van der Waals surface area contributed by atoms with Crippen LogP contribution in [-0.2, 0) is 27.1 Å². The van der Waals surface area contributed by atoms with Gasteiger partial charge in [-0.25, -0.2) is 4.79 Å². The normalized spacial score (nSPS) is 16.2. The van der Waals surface area contributed by atoms with E-state index in [0.717, 1.165) is 19.3 Å². The molecule has 1 atom stereocenters. The second-order valence-corrected chi connectivity index (χ2v) is 7.93. The summed E-state index contributed by atoms with van der Waals surface area (Å²) in [7, 11) is 0. The van der Waals surface area contributed by atoms with E-state index in [9.17, 15) is 19.7 Å². The molecule has 0 bridgehead atoms. The summed E-state index contributed by atoms with van der Waals surface area (Å²) in [5, 5.41) is 14.2. The maximum Gasteiger partial charge on any atom is 0.346 e. The molecule has 0 spiro atoms. The summed E-state index contributed by atoms with van der Waals surface area (Å²) in [6, 6.07) is 10.1. The van der Waals surface area contributed by atoms with Crippen molar-refractivity contribution in [1.82, 2.24) is 0 Å². The lowest BCUT2D eigenvalue weighted by Crippen LogP contribution is -2.36. The molecule has 1 aliphatic carbocycles. The Bertz CT molecular complexity index is 1050. The Balaban J connectivity index is 1.46. The van der Waals surface area contributed by atoms with Crippen LogP contribution in [0.1, 0.15) is 34.8 Å². The second-order valence-electron chi connectivity index (χ2n) is 7.93. The van der Waals surface area contributed by atoms with E-state index in [2.05, 4.69) is 5.32 Å². The van der Waals surface area contributed by atoms with Gasteiger partial charge in [-0.2, -0.15) is 0 Å². The van der Waals surface area contributed by atoms with E-state index in [-0.39, 0.29) is 11.3 Å². The highest BCUT2D eigenvalue weighted by Gasteiger charge is 2.27. The van der Waals surface area contributed by atoms with Gasteiger partial charge in [-0.1, -0.05) is 6.07 Å². The summed E-state index contributed by atoms with van der Waals surface area (Å²) in [6.45, 7) is 3.75. The first-order valence-corrected chi connectivity index (χ1v) is 10.7. The molecule has 4 rings (SSSR count). The molecule has 1 heterocycles. The number of esters is 1. The zero-order valence-electron chi connectivity index (χ0n) is 17.8. The Morgan fingerprint density at radius 1 is 1.12 bits per heavy atom. The molecule has 32 heavy (non-hydrogen) atoms. The Kier molecular flexibility index (Phi) is 6.36. The molecule has 0 radical (unpaired) electrons. The van der Waals surface area contributed by atoms with Gasteiger partial charge in [0.05, 0.1) is 18.1 Å². The molecular weight excluding hydrogens is 414 g/mol.